The van der Waals surface area contributed by atoms with Crippen LogP contribution in [0.3, 0.4) is 0 Å². The largest absolute Gasteiger partial charge is 0.469 e. The summed E-state index contributed by atoms with van der Waals surface area (Å²) in [6.07, 6.45) is -3.06. The van der Waals surface area contributed by atoms with E-state index in [1.54, 1.807) is 6.92 Å². The first-order valence-corrected chi connectivity index (χ1v) is 4.56. The summed E-state index contributed by atoms with van der Waals surface area (Å²) in [5, 5.41) is 0. The molecule has 0 amide bonds. The van der Waals surface area contributed by atoms with E-state index in [-0.39, 0.29) is 17.8 Å². The fourth-order valence-electron chi connectivity index (χ4n) is 1.37. The zero-order chi connectivity index (χ0) is 12.3. The Morgan fingerprint density at radius 1 is 1.62 bits per heavy atom. The van der Waals surface area contributed by atoms with Gasteiger partial charge in [-0.3, -0.25) is 9.78 Å². The maximum absolute atomic E-state index is 12.7. The van der Waals surface area contributed by atoms with Crippen molar-refractivity contribution < 1.29 is 18.3 Å². The number of aromatic nitrogens is 1. The normalized spacial score (nSPS) is 10.6. The maximum Gasteiger partial charge on any atom is 0.311 e. The maximum atomic E-state index is 12.7. The lowest BCUT2D eigenvalue weighted by atomic mass is 10.1. The third-order valence-electron chi connectivity index (χ3n) is 2.06. The third-order valence-corrected chi connectivity index (χ3v) is 2.06. The van der Waals surface area contributed by atoms with Crippen LogP contribution in [0.2, 0.25) is 0 Å². The first-order valence-electron chi connectivity index (χ1n) is 4.56. The fraction of sp³-hybridized carbons (Fsp3) is 0.400. The molecule has 4 nitrogen and oxygen atoms in total. The zero-order valence-electron chi connectivity index (χ0n) is 8.96. The number of carbonyl (C=O) groups excluding carboxylic acids is 1. The SMILES string of the molecule is COC(=O)Cc1nc(C)cc(N)c1C(F)F. The molecule has 0 saturated heterocycles. The van der Waals surface area contributed by atoms with Gasteiger partial charge in [-0.15, -0.1) is 0 Å². The van der Waals surface area contributed by atoms with Gasteiger partial charge in [0.1, 0.15) is 0 Å². The first kappa shape index (κ1) is 12.4. The summed E-state index contributed by atoms with van der Waals surface area (Å²) in [6, 6.07) is 1.35. The minimum atomic E-state index is -2.76. The van der Waals surface area contributed by atoms with Crippen LogP contribution in [0.5, 0.6) is 0 Å². The number of nitrogen functional groups attached to an aromatic ring is 1. The van der Waals surface area contributed by atoms with E-state index in [4.69, 9.17) is 5.73 Å². The van der Waals surface area contributed by atoms with E-state index in [0.717, 1.165) is 0 Å². The van der Waals surface area contributed by atoms with E-state index >= 15 is 0 Å². The Morgan fingerprint density at radius 3 is 2.75 bits per heavy atom. The molecule has 0 aliphatic carbocycles. The highest BCUT2D eigenvalue weighted by atomic mass is 19.3. The van der Waals surface area contributed by atoms with Gasteiger partial charge in [-0.25, -0.2) is 8.78 Å². The molecule has 1 rings (SSSR count). The predicted molar refractivity (Wildman–Crippen MR) is 54.1 cm³/mol. The lowest BCUT2D eigenvalue weighted by Gasteiger charge is -2.11. The molecule has 0 fully saturated rings. The molecule has 1 aromatic heterocycles. The number of hydrogen-bond donors (Lipinski definition) is 1. The number of nitrogens with zero attached hydrogens (tertiary/aromatic N) is 1. The zero-order valence-corrected chi connectivity index (χ0v) is 8.96. The Labute approximate surface area is 91.4 Å². The van der Waals surface area contributed by atoms with Gasteiger partial charge in [0.25, 0.3) is 6.43 Å². The third kappa shape index (κ3) is 2.65. The highest BCUT2D eigenvalue weighted by molar-refractivity contribution is 5.73. The van der Waals surface area contributed by atoms with Crippen molar-refractivity contribution in [1.29, 1.82) is 0 Å². The molecule has 0 aromatic carbocycles. The van der Waals surface area contributed by atoms with E-state index in [9.17, 15) is 13.6 Å². The molecule has 0 radical (unpaired) electrons. The summed E-state index contributed by atoms with van der Waals surface area (Å²) >= 11 is 0. The fourth-order valence-corrected chi connectivity index (χ4v) is 1.37. The van der Waals surface area contributed by atoms with Crippen molar-refractivity contribution in [3.8, 4) is 0 Å². The quantitative estimate of drug-likeness (QED) is 0.801. The Hall–Kier alpha value is -1.72. The monoisotopic (exact) mass is 230 g/mol. The average molecular weight is 230 g/mol. The van der Waals surface area contributed by atoms with Crippen LogP contribution in [0.4, 0.5) is 14.5 Å². The van der Waals surface area contributed by atoms with Crippen LogP contribution in [0, 0.1) is 6.92 Å². The van der Waals surface area contributed by atoms with Crippen molar-refractivity contribution in [2.45, 2.75) is 19.8 Å². The lowest BCUT2D eigenvalue weighted by molar-refractivity contribution is -0.139. The number of methoxy groups -OCH3 is 1. The molecule has 1 aromatic rings. The van der Waals surface area contributed by atoms with Gasteiger partial charge < -0.3 is 10.5 Å². The van der Waals surface area contributed by atoms with E-state index < -0.39 is 18.0 Å². The molecule has 0 bridgehead atoms. The van der Waals surface area contributed by atoms with E-state index in [2.05, 4.69) is 9.72 Å². The van der Waals surface area contributed by atoms with Gasteiger partial charge in [-0.05, 0) is 13.0 Å². The van der Waals surface area contributed by atoms with Crippen LogP contribution in [0.25, 0.3) is 0 Å². The molecule has 0 saturated carbocycles. The molecule has 2 N–H and O–H groups in total. The summed E-state index contributed by atoms with van der Waals surface area (Å²) < 4.78 is 29.8. The second-order valence-corrected chi connectivity index (χ2v) is 3.27. The second-order valence-electron chi connectivity index (χ2n) is 3.27. The van der Waals surface area contributed by atoms with Gasteiger partial charge >= 0.3 is 5.97 Å². The number of alkyl halides is 2. The summed E-state index contributed by atoms with van der Waals surface area (Å²) in [7, 11) is 1.18. The molecular weight excluding hydrogens is 218 g/mol. The topological polar surface area (TPSA) is 65.2 Å². The number of hydrogen-bond acceptors (Lipinski definition) is 4. The van der Waals surface area contributed by atoms with Gasteiger partial charge in [0, 0.05) is 11.4 Å². The highest BCUT2D eigenvalue weighted by Crippen LogP contribution is 2.28. The molecule has 0 unspecified atom stereocenters. The van der Waals surface area contributed by atoms with Gasteiger partial charge in [-0.1, -0.05) is 0 Å². The summed E-state index contributed by atoms with van der Waals surface area (Å²) in [5.74, 6) is -0.626. The Balaban J connectivity index is 3.18. The Kier molecular flexibility index (Phi) is 3.76. The number of nitrogens with two attached hydrogens (primary N) is 1. The number of rotatable bonds is 3. The summed E-state index contributed by atoms with van der Waals surface area (Å²) in [5.41, 5.74) is 5.48. The van der Waals surface area contributed by atoms with Crippen LogP contribution in [-0.2, 0) is 16.0 Å². The molecule has 0 spiro atoms. The van der Waals surface area contributed by atoms with Gasteiger partial charge in [0.05, 0.1) is 24.8 Å². The smallest absolute Gasteiger partial charge is 0.311 e. The minimum Gasteiger partial charge on any atom is -0.469 e. The average Bonchev–Trinajstić information content (AvgIpc) is 2.15. The number of anilines is 1. The second kappa shape index (κ2) is 4.87. The molecule has 6 heteroatoms. The van der Waals surface area contributed by atoms with Crippen molar-refractivity contribution in [3.63, 3.8) is 0 Å². The molecule has 0 aliphatic rings. The van der Waals surface area contributed by atoms with Crippen LogP contribution in [-0.4, -0.2) is 18.1 Å². The van der Waals surface area contributed by atoms with Crippen molar-refractivity contribution in [2.75, 3.05) is 12.8 Å². The van der Waals surface area contributed by atoms with Crippen molar-refractivity contribution in [2.24, 2.45) is 0 Å². The molecule has 1 heterocycles. The Morgan fingerprint density at radius 2 is 2.25 bits per heavy atom. The molecule has 0 atom stereocenters. The van der Waals surface area contributed by atoms with Crippen LogP contribution >= 0.6 is 0 Å². The number of halogens is 2. The van der Waals surface area contributed by atoms with Gasteiger partial charge in [0.15, 0.2) is 0 Å². The molecule has 16 heavy (non-hydrogen) atoms. The van der Waals surface area contributed by atoms with E-state index in [1.807, 2.05) is 0 Å². The van der Waals surface area contributed by atoms with Gasteiger partial charge in [-0.2, -0.15) is 0 Å². The van der Waals surface area contributed by atoms with Crippen LogP contribution in [0.1, 0.15) is 23.4 Å². The van der Waals surface area contributed by atoms with Gasteiger partial charge in [0.2, 0.25) is 0 Å². The lowest BCUT2D eigenvalue weighted by Crippen LogP contribution is -2.11. The molecule has 0 aliphatic heterocycles. The van der Waals surface area contributed by atoms with Crippen molar-refractivity contribution >= 4 is 11.7 Å². The molecular formula is C10H12F2N2O2. The van der Waals surface area contributed by atoms with Crippen LogP contribution in [0.15, 0.2) is 6.07 Å². The minimum absolute atomic E-state index is 0.0284. The van der Waals surface area contributed by atoms with Crippen LogP contribution < -0.4 is 5.73 Å². The predicted octanol–water partition coefficient (Wildman–Crippen LogP) is 1.63. The standard InChI is InChI=1S/C10H12F2N2O2/c1-5-3-6(13)9(10(11)12)7(14-5)4-8(15)16-2/h3,10H,4H2,1-2H3,(H2,13,14). The summed E-state index contributed by atoms with van der Waals surface area (Å²) in [4.78, 5) is 14.9. The number of aryl methyl sites for hydroxylation is 1. The van der Waals surface area contributed by atoms with E-state index in [0.29, 0.717) is 5.69 Å². The van der Waals surface area contributed by atoms with Crippen molar-refractivity contribution in [1.82, 2.24) is 4.98 Å². The Bertz CT molecular complexity index is 408. The molecule has 88 valence electrons. The number of esters is 1. The van der Waals surface area contributed by atoms with Crippen molar-refractivity contribution in [3.05, 3.63) is 23.0 Å². The number of carbonyl (C=O) groups is 1. The highest BCUT2D eigenvalue weighted by Gasteiger charge is 2.20. The number of pyridine rings is 1. The van der Waals surface area contributed by atoms with E-state index in [1.165, 1.54) is 13.2 Å². The summed E-state index contributed by atoms with van der Waals surface area (Å²) in [6.45, 7) is 1.62. The first-order chi connectivity index (χ1) is 7.45. The number of ether oxygens (including phenoxy) is 1.